The van der Waals surface area contributed by atoms with E-state index in [9.17, 15) is 13.9 Å². The number of nitrogens with zero attached hydrogens (tertiary/aromatic N) is 1. The van der Waals surface area contributed by atoms with Crippen molar-refractivity contribution in [3.05, 3.63) is 71.3 Å². The standard InChI is InChI=1S/C15H11F2NO/c16-13-5-1-3-11(9-13)15(19,7-8-18)12-4-2-6-14(17)10-12/h1-6,9-10,19H,7H2. The number of benzene rings is 2. The molecule has 0 saturated carbocycles. The van der Waals surface area contributed by atoms with Gasteiger partial charge in [-0.1, -0.05) is 24.3 Å². The Morgan fingerprint density at radius 3 is 1.84 bits per heavy atom. The van der Waals surface area contributed by atoms with Crippen molar-refractivity contribution >= 4 is 0 Å². The predicted octanol–water partition coefficient (Wildman–Crippen LogP) is 3.11. The van der Waals surface area contributed by atoms with Gasteiger partial charge in [-0.3, -0.25) is 0 Å². The second-order valence-corrected chi connectivity index (χ2v) is 4.22. The summed E-state index contributed by atoms with van der Waals surface area (Å²) in [7, 11) is 0. The Kier molecular flexibility index (Phi) is 3.59. The Bertz CT molecular complexity index is 589. The zero-order valence-corrected chi connectivity index (χ0v) is 9.98. The zero-order chi connectivity index (χ0) is 13.9. The topological polar surface area (TPSA) is 44.0 Å². The molecule has 0 atom stereocenters. The maximum absolute atomic E-state index is 13.3. The first-order valence-corrected chi connectivity index (χ1v) is 5.68. The lowest BCUT2D eigenvalue weighted by molar-refractivity contribution is 0.0853. The molecule has 0 spiro atoms. The monoisotopic (exact) mass is 259 g/mol. The van der Waals surface area contributed by atoms with Crippen LogP contribution in [0.4, 0.5) is 8.78 Å². The first kappa shape index (κ1) is 13.2. The molecule has 2 nitrogen and oxygen atoms in total. The number of hydrogen-bond donors (Lipinski definition) is 1. The van der Waals surface area contributed by atoms with Gasteiger partial charge in [0, 0.05) is 0 Å². The fourth-order valence-corrected chi connectivity index (χ4v) is 1.98. The van der Waals surface area contributed by atoms with Gasteiger partial charge in [-0.05, 0) is 35.4 Å². The lowest BCUT2D eigenvalue weighted by Crippen LogP contribution is -2.27. The average Bonchev–Trinajstić information content (AvgIpc) is 2.39. The number of hydrogen-bond acceptors (Lipinski definition) is 2. The highest BCUT2D eigenvalue weighted by molar-refractivity contribution is 5.37. The van der Waals surface area contributed by atoms with Crippen molar-refractivity contribution in [3.8, 4) is 6.07 Å². The molecule has 1 N–H and O–H groups in total. The van der Waals surface area contributed by atoms with Crippen LogP contribution < -0.4 is 0 Å². The highest BCUT2D eigenvalue weighted by Crippen LogP contribution is 2.33. The summed E-state index contributed by atoms with van der Waals surface area (Å²) >= 11 is 0. The minimum atomic E-state index is -1.72. The molecule has 0 aliphatic rings. The van der Waals surface area contributed by atoms with Crippen molar-refractivity contribution in [2.45, 2.75) is 12.0 Å². The number of nitriles is 1. The Morgan fingerprint density at radius 1 is 1.00 bits per heavy atom. The summed E-state index contributed by atoms with van der Waals surface area (Å²) in [5.74, 6) is -1.05. The van der Waals surface area contributed by atoms with E-state index in [0.29, 0.717) is 0 Å². The van der Waals surface area contributed by atoms with Gasteiger partial charge in [0.05, 0.1) is 12.5 Å². The molecule has 0 unspecified atom stereocenters. The van der Waals surface area contributed by atoms with E-state index in [1.165, 1.54) is 36.4 Å². The molecule has 0 heterocycles. The van der Waals surface area contributed by atoms with Gasteiger partial charge < -0.3 is 5.11 Å². The van der Waals surface area contributed by atoms with E-state index in [1.54, 1.807) is 0 Å². The van der Waals surface area contributed by atoms with Gasteiger partial charge in [0.2, 0.25) is 0 Å². The summed E-state index contributed by atoms with van der Waals surface area (Å²) < 4.78 is 26.5. The molecular formula is C15H11F2NO. The van der Waals surface area contributed by atoms with Gasteiger partial charge in [-0.15, -0.1) is 0 Å². The van der Waals surface area contributed by atoms with Crippen molar-refractivity contribution in [1.29, 1.82) is 5.26 Å². The van der Waals surface area contributed by atoms with Crippen LogP contribution in [0.3, 0.4) is 0 Å². The van der Waals surface area contributed by atoms with Gasteiger partial charge >= 0.3 is 0 Å². The van der Waals surface area contributed by atoms with Crippen LogP contribution in [0, 0.1) is 23.0 Å². The van der Waals surface area contributed by atoms with E-state index >= 15 is 0 Å². The van der Waals surface area contributed by atoms with Crippen LogP contribution in [0.5, 0.6) is 0 Å². The molecule has 2 aromatic carbocycles. The number of rotatable bonds is 3. The summed E-state index contributed by atoms with van der Waals surface area (Å²) in [4.78, 5) is 0. The van der Waals surface area contributed by atoms with E-state index in [2.05, 4.69) is 0 Å². The Hall–Kier alpha value is -2.25. The molecule has 0 bridgehead atoms. The van der Waals surface area contributed by atoms with Crippen LogP contribution in [0.25, 0.3) is 0 Å². The van der Waals surface area contributed by atoms with Gasteiger partial charge in [-0.25, -0.2) is 8.78 Å². The smallest absolute Gasteiger partial charge is 0.128 e. The average molecular weight is 259 g/mol. The second kappa shape index (κ2) is 5.17. The van der Waals surface area contributed by atoms with Gasteiger partial charge in [0.1, 0.15) is 17.2 Å². The van der Waals surface area contributed by atoms with Crippen molar-refractivity contribution in [3.63, 3.8) is 0 Å². The quantitative estimate of drug-likeness (QED) is 0.920. The Morgan fingerprint density at radius 2 is 1.47 bits per heavy atom. The SMILES string of the molecule is N#CCC(O)(c1cccc(F)c1)c1cccc(F)c1. The van der Waals surface area contributed by atoms with Crippen LogP contribution in [0.2, 0.25) is 0 Å². The van der Waals surface area contributed by atoms with Crippen LogP contribution >= 0.6 is 0 Å². The Balaban J connectivity index is 2.58. The van der Waals surface area contributed by atoms with Crippen molar-refractivity contribution in [2.24, 2.45) is 0 Å². The number of halogens is 2. The van der Waals surface area contributed by atoms with E-state index < -0.39 is 17.2 Å². The third-order valence-electron chi connectivity index (χ3n) is 2.94. The van der Waals surface area contributed by atoms with Crippen LogP contribution in [-0.2, 0) is 5.60 Å². The lowest BCUT2D eigenvalue weighted by Gasteiger charge is -2.26. The predicted molar refractivity (Wildman–Crippen MR) is 66.0 cm³/mol. The molecule has 2 rings (SSSR count). The van der Waals surface area contributed by atoms with Gasteiger partial charge in [0.25, 0.3) is 0 Å². The fraction of sp³-hybridized carbons (Fsp3) is 0.133. The molecular weight excluding hydrogens is 248 g/mol. The molecule has 0 saturated heterocycles. The highest BCUT2D eigenvalue weighted by atomic mass is 19.1. The van der Waals surface area contributed by atoms with E-state index in [1.807, 2.05) is 6.07 Å². The maximum atomic E-state index is 13.3. The second-order valence-electron chi connectivity index (χ2n) is 4.22. The molecule has 4 heteroatoms. The highest BCUT2D eigenvalue weighted by Gasteiger charge is 2.32. The molecule has 0 aliphatic heterocycles. The summed E-state index contributed by atoms with van der Waals surface area (Å²) in [5.41, 5.74) is -1.28. The van der Waals surface area contributed by atoms with Crippen LogP contribution in [-0.4, -0.2) is 5.11 Å². The zero-order valence-electron chi connectivity index (χ0n) is 9.98. The first-order valence-electron chi connectivity index (χ1n) is 5.68. The van der Waals surface area contributed by atoms with Crippen LogP contribution in [0.1, 0.15) is 17.5 Å². The molecule has 0 aliphatic carbocycles. The summed E-state index contributed by atoms with van der Waals surface area (Å²) in [6.45, 7) is 0. The molecule has 96 valence electrons. The molecule has 2 aromatic rings. The molecule has 0 fully saturated rings. The van der Waals surface area contributed by atoms with E-state index in [-0.39, 0.29) is 17.5 Å². The fourth-order valence-electron chi connectivity index (χ4n) is 1.98. The maximum Gasteiger partial charge on any atom is 0.128 e. The summed E-state index contributed by atoms with van der Waals surface area (Å²) in [5, 5.41) is 19.5. The van der Waals surface area contributed by atoms with Crippen molar-refractivity contribution < 1.29 is 13.9 Å². The van der Waals surface area contributed by atoms with Crippen molar-refractivity contribution in [2.75, 3.05) is 0 Å². The Labute approximate surface area is 109 Å². The third kappa shape index (κ3) is 2.61. The summed E-state index contributed by atoms with van der Waals surface area (Å²) in [6, 6.07) is 12.5. The minimum absolute atomic E-state index is 0.222. The minimum Gasteiger partial charge on any atom is -0.379 e. The lowest BCUT2D eigenvalue weighted by atomic mass is 9.84. The summed E-state index contributed by atoms with van der Waals surface area (Å²) in [6.07, 6.45) is -0.292. The molecule has 0 amide bonds. The number of aliphatic hydroxyl groups is 1. The molecule has 0 radical (unpaired) electrons. The van der Waals surface area contributed by atoms with Crippen LogP contribution in [0.15, 0.2) is 48.5 Å². The largest absolute Gasteiger partial charge is 0.379 e. The van der Waals surface area contributed by atoms with Crippen molar-refractivity contribution in [1.82, 2.24) is 0 Å². The third-order valence-corrected chi connectivity index (χ3v) is 2.94. The van der Waals surface area contributed by atoms with Gasteiger partial charge in [-0.2, -0.15) is 5.26 Å². The molecule has 19 heavy (non-hydrogen) atoms. The normalized spacial score (nSPS) is 11.1. The first-order chi connectivity index (χ1) is 9.06. The van der Waals surface area contributed by atoms with E-state index in [4.69, 9.17) is 5.26 Å². The molecule has 0 aromatic heterocycles. The van der Waals surface area contributed by atoms with E-state index in [0.717, 1.165) is 12.1 Å². The van der Waals surface area contributed by atoms with Gasteiger partial charge in [0.15, 0.2) is 0 Å².